The molecule has 0 bridgehead atoms. The number of aliphatic hydroxyl groups is 1. The lowest BCUT2D eigenvalue weighted by molar-refractivity contribution is 0.213. The summed E-state index contributed by atoms with van der Waals surface area (Å²) in [7, 11) is -3.23. The molecule has 1 aliphatic carbocycles. The number of hydrogen-bond acceptors (Lipinski definition) is 3. The van der Waals surface area contributed by atoms with Crippen molar-refractivity contribution >= 4 is 10.0 Å². The van der Waals surface area contributed by atoms with Crippen molar-refractivity contribution in [1.29, 1.82) is 0 Å². The molecule has 2 unspecified atom stereocenters. The van der Waals surface area contributed by atoms with E-state index >= 15 is 0 Å². The Morgan fingerprint density at radius 1 is 1.31 bits per heavy atom. The van der Waals surface area contributed by atoms with Crippen LogP contribution in [0.1, 0.15) is 40.0 Å². The zero-order chi connectivity index (χ0) is 12.4. The van der Waals surface area contributed by atoms with Crippen LogP contribution in [0, 0.1) is 11.3 Å². The van der Waals surface area contributed by atoms with Crippen molar-refractivity contribution in [1.82, 2.24) is 4.72 Å². The third-order valence-electron chi connectivity index (χ3n) is 2.85. The molecule has 0 aliphatic heterocycles. The lowest BCUT2D eigenvalue weighted by Crippen LogP contribution is -2.41. The topological polar surface area (TPSA) is 66.4 Å². The Kier molecular flexibility index (Phi) is 4.37. The summed E-state index contributed by atoms with van der Waals surface area (Å²) in [4.78, 5) is 0. The number of aliphatic hydroxyl groups excluding tert-OH is 1. The van der Waals surface area contributed by atoms with Gasteiger partial charge in [-0.15, -0.1) is 0 Å². The standard InChI is InChI=1S/C11H23NO3S/c1-11(2,3)8-16(14,15)12-10-6-4-5-9(10)7-13/h9-10,12-13H,4-8H2,1-3H3. The summed E-state index contributed by atoms with van der Waals surface area (Å²) in [6.45, 7) is 5.79. The molecule has 1 fully saturated rings. The normalized spacial score (nSPS) is 27.2. The molecule has 1 aliphatic rings. The van der Waals surface area contributed by atoms with Crippen LogP contribution in [0.2, 0.25) is 0 Å². The average Bonchev–Trinajstić information content (AvgIpc) is 2.45. The molecule has 0 aromatic carbocycles. The smallest absolute Gasteiger partial charge is 0.212 e. The summed E-state index contributed by atoms with van der Waals surface area (Å²) in [6.07, 6.45) is 2.75. The van der Waals surface area contributed by atoms with E-state index in [4.69, 9.17) is 5.11 Å². The van der Waals surface area contributed by atoms with Crippen LogP contribution in [0.5, 0.6) is 0 Å². The SMILES string of the molecule is CC(C)(C)CS(=O)(=O)NC1CCCC1CO. The van der Waals surface area contributed by atoms with Gasteiger partial charge in [0, 0.05) is 12.6 Å². The van der Waals surface area contributed by atoms with Crippen LogP contribution in [0.25, 0.3) is 0 Å². The van der Waals surface area contributed by atoms with Crippen LogP contribution < -0.4 is 4.72 Å². The van der Waals surface area contributed by atoms with Gasteiger partial charge in [-0.05, 0) is 24.2 Å². The highest BCUT2D eigenvalue weighted by atomic mass is 32.2. The predicted molar refractivity (Wildman–Crippen MR) is 64.6 cm³/mol. The quantitative estimate of drug-likeness (QED) is 0.784. The maximum atomic E-state index is 11.9. The van der Waals surface area contributed by atoms with Crippen LogP contribution in [-0.2, 0) is 10.0 Å². The van der Waals surface area contributed by atoms with Crippen molar-refractivity contribution in [3.05, 3.63) is 0 Å². The van der Waals surface area contributed by atoms with Gasteiger partial charge in [-0.1, -0.05) is 27.2 Å². The Morgan fingerprint density at radius 2 is 1.94 bits per heavy atom. The van der Waals surface area contributed by atoms with E-state index in [-0.39, 0.29) is 29.7 Å². The number of hydrogen-bond donors (Lipinski definition) is 2. The van der Waals surface area contributed by atoms with Crippen LogP contribution >= 0.6 is 0 Å². The van der Waals surface area contributed by atoms with E-state index in [1.807, 2.05) is 20.8 Å². The van der Waals surface area contributed by atoms with Crippen molar-refractivity contribution in [3.8, 4) is 0 Å². The van der Waals surface area contributed by atoms with Gasteiger partial charge in [0.25, 0.3) is 0 Å². The molecule has 0 aromatic heterocycles. The first-order valence-corrected chi connectivity index (χ1v) is 7.49. The molecule has 5 heteroatoms. The summed E-state index contributed by atoms with van der Waals surface area (Å²) >= 11 is 0. The lowest BCUT2D eigenvalue weighted by atomic mass is 10.0. The molecule has 0 saturated heterocycles. The van der Waals surface area contributed by atoms with Gasteiger partial charge in [0.15, 0.2) is 0 Å². The highest BCUT2D eigenvalue weighted by Crippen LogP contribution is 2.26. The Labute approximate surface area is 98.5 Å². The number of rotatable bonds is 4. The van der Waals surface area contributed by atoms with Gasteiger partial charge in [0.2, 0.25) is 10.0 Å². The fourth-order valence-corrected chi connectivity index (χ4v) is 4.25. The highest BCUT2D eigenvalue weighted by Gasteiger charge is 2.31. The van der Waals surface area contributed by atoms with E-state index in [0.29, 0.717) is 0 Å². The van der Waals surface area contributed by atoms with Crippen LogP contribution in [-0.4, -0.2) is 31.9 Å². The van der Waals surface area contributed by atoms with Crippen LogP contribution in [0.3, 0.4) is 0 Å². The Bertz CT molecular complexity index is 319. The molecule has 2 atom stereocenters. The molecular weight excluding hydrogens is 226 g/mol. The van der Waals surface area contributed by atoms with Gasteiger partial charge in [0.05, 0.1) is 5.75 Å². The second-order valence-electron chi connectivity index (χ2n) is 5.92. The molecule has 16 heavy (non-hydrogen) atoms. The first-order chi connectivity index (χ1) is 7.23. The summed E-state index contributed by atoms with van der Waals surface area (Å²) in [5, 5.41) is 9.13. The van der Waals surface area contributed by atoms with E-state index in [1.54, 1.807) is 0 Å². The minimum absolute atomic E-state index is 0.0719. The lowest BCUT2D eigenvalue weighted by Gasteiger charge is -2.23. The third kappa shape index (κ3) is 4.39. The van der Waals surface area contributed by atoms with Crippen molar-refractivity contribution in [2.24, 2.45) is 11.3 Å². The van der Waals surface area contributed by atoms with E-state index in [9.17, 15) is 8.42 Å². The largest absolute Gasteiger partial charge is 0.396 e. The Morgan fingerprint density at radius 3 is 2.44 bits per heavy atom. The first-order valence-electron chi connectivity index (χ1n) is 5.84. The van der Waals surface area contributed by atoms with Gasteiger partial charge in [-0.25, -0.2) is 13.1 Å². The second kappa shape index (κ2) is 5.02. The van der Waals surface area contributed by atoms with Gasteiger partial charge < -0.3 is 5.11 Å². The maximum absolute atomic E-state index is 11.9. The van der Waals surface area contributed by atoms with Crippen molar-refractivity contribution in [2.75, 3.05) is 12.4 Å². The predicted octanol–water partition coefficient (Wildman–Crippen LogP) is 1.11. The fourth-order valence-electron chi connectivity index (χ4n) is 2.25. The zero-order valence-corrected chi connectivity index (χ0v) is 11.2. The summed E-state index contributed by atoms with van der Waals surface area (Å²) in [5.41, 5.74) is -0.237. The zero-order valence-electron chi connectivity index (χ0n) is 10.4. The molecule has 4 nitrogen and oxygen atoms in total. The molecule has 1 saturated carbocycles. The molecular formula is C11H23NO3S. The fraction of sp³-hybridized carbons (Fsp3) is 1.00. The van der Waals surface area contributed by atoms with Gasteiger partial charge >= 0.3 is 0 Å². The van der Waals surface area contributed by atoms with E-state index in [1.165, 1.54) is 0 Å². The Balaban J connectivity index is 2.59. The van der Waals surface area contributed by atoms with Crippen molar-refractivity contribution < 1.29 is 13.5 Å². The molecule has 0 radical (unpaired) electrons. The van der Waals surface area contributed by atoms with Gasteiger partial charge in [0.1, 0.15) is 0 Å². The monoisotopic (exact) mass is 249 g/mol. The highest BCUT2D eigenvalue weighted by molar-refractivity contribution is 7.89. The van der Waals surface area contributed by atoms with Crippen LogP contribution in [0.4, 0.5) is 0 Å². The van der Waals surface area contributed by atoms with Crippen molar-refractivity contribution in [3.63, 3.8) is 0 Å². The molecule has 2 N–H and O–H groups in total. The molecule has 96 valence electrons. The minimum Gasteiger partial charge on any atom is -0.396 e. The molecule has 0 amide bonds. The third-order valence-corrected chi connectivity index (χ3v) is 4.76. The van der Waals surface area contributed by atoms with E-state index < -0.39 is 10.0 Å². The second-order valence-corrected chi connectivity index (χ2v) is 7.67. The van der Waals surface area contributed by atoms with Crippen molar-refractivity contribution in [2.45, 2.75) is 46.1 Å². The minimum atomic E-state index is -3.23. The van der Waals surface area contributed by atoms with E-state index in [2.05, 4.69) is 4.72 Å². The van der Waals surface area contributed by atoms with E-state index in [0.717, 1.165) is 19.3 Å². The molecule has 0 heterocycles. The molecule has 0 aromatic rings. The van der Waals surface area contributed by atoms with Gasteiger partial charge in [-0.2, -0.15) is 0 Å². The summed E-state index contributed by atoms with van der Waals surface area (Å²) < 4.78 is 26.5. The van der Waals surface area contributed by atoms with Gasteiger partial charge in [-0.3, -0.25) is 0 Å². The van der Waals surface area contributed by atoms with Crippen LogP contribution in [0.15, 0.2) is 0 Å². The number of sulfonamides is 1. The molecule has 0 spiro atoms. The summed E-state index contributed by atoms with van der Waals surface area (Å²) in [5.74, 6) is 0.226. The average molecular weight is 249 g/mol. The molecule has 1 rings (SSSR count). The Hall–Kier alpha value is -0.130. The number of nitrogens with one attached hydrogen (secondary N) is 1. The first kappa shape index (κ1) is 13.9. The summed E-state index contributed by atoms with van der Waals surface area (Å²) in [6, 6.07) is -0.0719. The maximum Gasteiger partial charge on any atom is 0.212 e.